The van der Waals surface area contributed by atoms with E-state index in [4.69, 9.17) is 0 Å². The molecule has 0 spiro atoms. The maximum absolute atomic E-state index is 14.1. The van der Waals surface area contributed by atoms with Gasteiger partial charge >= 0.3 is 0 Å². The van der Waals surface area contributed by atoms with Crippen LogP contribution >= 0.6 is 0 Å². The highest BCUT2D eigenvalue weighted by Gasteiger charge is 2.23. The monoisotopic (exact) mass is 520 g/mol. The Bertz CT molecular complexity index is 1270. The van der Waals surface area contributed by atoms with Crippen LogP contribution in [0.15, 0.2) is 48.5 Å². The van der Waals surface area contributed by atoms with E-state index >= 15 is 0 Å². The van der Waals surface area contributed by atoms with Crippen molar-refractivity contribution >= 4 is 29.2 Å². The van der Waals surface area contributed by atoms with Gasteiger partial charge in [-0.25, -0.2) is 8.78 Å². The van der Waals surface area contributed by atoms with Gasteiger partial charge in [-0.05, 0) is 67.2 Å². The smallest absolute Gasteiger partial charge is 0.255 e. The first-order chi connectivity index (χ1) is 18.4. The van der Waals surface area contributed by atoms with Crippen molar-refractivity contribution in [3.8, 4) is 0 Å². The summed E-state index contributed by atoms with van der Waals surface area (Å²) in [6, 6.07) is 11.3. The van der Waals surface area contributed by atoms with Gasteiger partial charge in [-0.1, -0.05) is 58.6 Å². The van der Waals surface area contributed by atoms with Crippen molar-refractivity contribution in [3.63, 3.8) is 0 Å². The van der Waals surface area contributed by atoms with Gasteiger partial charge in [0.25, 0.3) is 5.91 Å². The zero-order valence-electron chi connectivity index (χ0n) is 22.5. The fourth-order valence-corrected chi connectivity index (χ4v) is 5.07. The fraction of sp³-hybridized carbons (Fsp3) is 0.387. The molecule has 0 aliphatic carbocycles. The number of aromatic nitrogens is 1. The van der Waals surface area contributed by atoms with Crippen molar-refractivity contribution in [2.75, 3.05) is 16.0 Å². The molecule has 0 bridgehead atoms. The molecular formula is C31H38F2N4O. The van der Waals surface area contributed by atoms with Crippen LogP contribution in [0.2, 0.25) is 0 Å². The molecule has 0 saturated carbocycles. The molecule has 1 aliphatic heterocycles. The van der Waals surface area contributed by atoms with E-state index in [1.807, 2.05) is 31.2 Å². The van der Waals surface area contributed by atoms with E-state index in [0.29, 0.717) is 23.7 Å². The van der Waals surface area contributed by atoms with Gasteiger partial charge in [-0.2, -0.15) is 0 Å². The summed E-state index contributed by atoms with van der Waals surface area (Å²) in [4.78, 5) is 16.5. The third-order valence-electron chi connectivity index (χ3n) is 7.14. The number of fused-ring (bicyclic) bond motifs is 1. The predicted octanol–water partition coefficient (Wildman–Crippen LogP) is 8.45. The summed E-state index contributed by atoms with van der Waals surface area (Å²) in [6.07, 6.45) is 11.1. The first kappa shape index (κ1) is 27.4. The van der Waals surface area contributed by atoms with E-state index < -0.39 is 17.8 Å². The van der Waals surface area contributed by atoms with Crippen LogP contribution in [0.4, 0.5) is 26.0 Å². The first-order valence-electron chi connectivity index (χ1n) is 13.8. The molecule has 2 heterocycles. The van der Waals surface area contributed by atoms with Crippen molar-refractivity contribution < 1.29 is 13.6 Å². The zero-order valence-corrected chi connectivity index (χ0v) is 22.5. The molecule has 0 fully saturated rings. The second-order valence-corrected chi connectivity index (χ2v) is 9.93. The average Bonchev–Trinajstić information content (AvgIpc) is 3.27. The van der Waals surface area contributed by atoms with Gasteiger partial charge in [0.15, 0.2) is 0 Å². The van der Waals surface area contributed by atoms with E-state index in [9.17, 15) is 13.6 Å². The lowest BCUT2D eigenvalue weighted by atomic mass is 9.89. The van der Waals surface area contributed by atoms with Gasteiger partial charge in [0.1, 0.15) is 23.6 Å². The maximum Gasteiger partial charge on any atom is 0.255 e. The third kappa shape index (κ3) is 6.44. The Morgan fingerprint density at radius 3 is 2.50 bits per heavy atom. The quantitative estimate of drug-likeness (QED) is 0.181. The Kier molecular flexibility index (Phi) is 9.21. The number of amides is 1. The Labute approximate surface area is 224 Å². The van der Waals surface area contributed by atoms with Gasteiger partial charge in [0.05, 0.1) is 11.4 Å². The number of hydrogen-bond acceptors (Lipinski definition) is 3. The number of aryl methyl sites for hydroxylation is 1. The van der Waals surface area contributed by atoms with E-state index in [1.165, 1.54) is 31.2 Å². The van der Waals surface area contributed by atoms with Gasteiger partial charge in [0.2, 0.25) is 0 Å². The van der Waals surface area contributed by atoms with E-state index in [0.717, 1.165) is 48.0 Å². The minimum atomic E-state index is -0.533. The summed E-state index contributed by atoms with van der Waals surface area (Å²) in [5.41, 5.74) is 4.41. The number of nitrogens with one attached hydrogen (secondary N) is 4. The molecule has 2 aromatic carbocycles. The van der Waals surface area contributed by atoms with Crippen molar-refractivity contribution in [1.82, 2.24) is 4.98 Å². The number of hydrogen-bond donors (Lipinski definition) is 4. The van der Waals surface area contributed by atoms with E-state index in [1.54, 1.807) is 0 Å². The normalized spacial score (nSPS) is 15.0. The first-order valence-corrected chi connectivity index (χ1v) is 13.8. The second kappa shape index (κ2) is 12.8. The number of aromatic amines is 1. The van der Waals surface area contributed by atoms with Crippen LogP contribution < -0.4 is 16.0 Å². The molecule has 1 aliphatic rings. The summed E-state index contributed by atoms with van der Waals surface area (Å²) < 4.78 is 27.7. The van der Waals surface area contributed by atoms with Gasteiger partial charge in [0, 0.05) is 22.9 Å². The average molecular weight is 521 g/mol. The van der Waals surface area contributed by atoms with Crippen LogP contribution in [0.25, 0.3) is 6.08 Å². The van der Waals surface area contributed by atoms with Crippen LogP contribution in [-0.2, 0) is 6.42 Å². The molecule has 4 N–H and O–H groups in total. The molecule has 0 saturated heterocycles. The van der Waals surface area contributed by atoms with Crippen molar-refractivity contribution in [1.29, 1.82) is 0 Å². The minimum Gasteiger partial charge on any atom is -0.360 e. The second-order valence-electron chi connectivity index (χ2n) is 9.93. The number of anilines is 3. The lowest BCUT2D eigenvalue weighted by Crippen LogP contribution is -2.29. The van der Waals surface area contributed by atoms with Crippen LogP contribution in [0.5, 0.6) is 0 Å². The molecule has 38 heavy (non-hydrogen) atoms. The molecule has 7 heteroatoms. The molecule has 5 nitrogen and oxygen atoms in total. The summed E-state index contributed by atoms with van der Waals surface area (Å²) in [7, 11) is 0. The number of carbonyl (C=O) groups is 1. The minimum absolute atomic E-state index is 0.0707. The number of halogens is 2. The highest BCUT2D eigenvalue weighted by molar-refractivity contribution is 6.06. The lowest BCUT2D eigenvalue weighted by molar-refractivity contribution is 0.102. The molecule has 1 aromatic heterocycles. The van der Waals surface area contributed by atoms with E-state index in [-0.39, 0.29) is 11.6 Å². The van der Waals surface area contributed by atoms with Crippen LogP contribution in [0.1, 0.15) is 92.4 Å². The number of carbonyl (C=O) groups excluding carboxylic acids is 1. The summed E-state index contributed by atoms with van der Waals surface area (Å²) in [6.45, 7) is 6.46. The standard InChI is InChI=1S/C31H38F2N4O/c1-4-7-8-10-20(9-5-2)21-11-13-22(14-12-21)31(38)37-29-24-16-18-28(36-30(24)35-26(29)6-3)34-27-19-23(32)15-17-25(27)33/h11-20,28,34-36H,4-10H2,1-3H3,(H,37,38). The predicted molar refractivity (Wildman–Crippen MR) is 153 cm³/mol. The number of H-pyrrole nitrogens is 1. The largest absolute Gasteiger partial charge is 0.360 e. The van der Waals surface area contributed by atoms with Crippen molar-refractivity contribution in [2.45, 2.75) is 77.8 Å². The number of benzene rings is 2. The topological polar surface area (TPSA) is 69.0 Å². The molecule has 0 radical (unpaired) electrons. The summed E-state index contributed by atoms with van der Waals surface area (Å²) in [5.74, 6) is 0.0259. The molecular weight excluding hydrogens is 482 g/mol. The SMILES string of the molecule is CCCCCC(CCC)c1ccc(C(=O)Nc2c(CC)[nH]c3c2C=CC(Nc2cc(F)ccc2F)N3)cc1. The van der Waals surface area contributed by atoms with E-state index in [2.05, 4.69) is 46.9 Å². The van der Waals surface area contributed by atoms with Crippen LogP contribution in [-0.4, -0.2) is 17.1 Å². The number of unbranched alkanes of at least 4 members (excludes halogenated alkanes) is 2. The van der Waals surface area contributed by atoms with Crippen LogP contribution in [0, 0.1) is 11.6 Å². The number of rotatable bonds is 12. The summed E-state index contributed by atoms with van der Waals surface area (Å²) in [5, 5.41) is 9.31. The van der Waals surface area contributed by atoms with Crippen molar-refractivity contribution in [3.05, 3.63) is 82.6 Å². The summed E-state index contributed by atoms with van der Waals surface area (Å²) >= 11 is 0. The fourth-order valence-electron chi connectivity index (χ4n) is 5.07. The van der Waals surface area contributed by atoms with Gasteiger partial charge < -0.3 is 20.9 Å². The Balaban J connectivity index is 1.46. The molecule has 1 amide bonds. The highest BCUT2D eigenvalue weighted by Crippen LogP contribution is 2.35. The Hall–Kier alpha value is -3.61. The van der Waals surface area contributed by atoms with Gasteiger partial charge in [-0.3, -0.25) is 4.79 Å². The maximum atomic E-state index is 14.1. The molecule has 2 atom stereocenters. The third-order valence-corrected chi connectivity index (χ3v) is 7.14. The lowest BCUT2D eigenvalue weighted by Gasteiger charge is -2.22. The van der Waals surface area contributed by atoms with Gasteiger partial charge in [-0.15, -0.1) is 0 Å². The highest BCUT2D eigenvalue weighted by atomic mass is 19.1. The molecule has 3 aromatic rings. The van der Waals surface area contributed by atoms with Crippen molar-refractivity contribution in [2.24, 2.45) is 0 Å². The Morgan fingerprint density at radius 2 is 1.79 bits per heavy atom. The molecule has 4 rings (SSSR count). The van der Waals surface area contributed by atoms with Crippen LogP contribution in [0.3, 0.4) is 0 Å². The molecule has 2 unspecified atom stereocenters. The molecule has 202 valence electrons. The zero-order chi connectivity index (χ0) is 27.1. The Morgan fingerprint density at radius 1 is 1.00 bits per heavy atom.